The molecular formula is C21H30O3. The second-order valence-corrected chi connectivity index (χ2v) is 8.97. The highest BCUT2D eigenvalue weighted by Gasteiger charge is 2.61. The van der Waals surface area contributed by atoms with E-state index in [0.717, 1.165) is 32.1 Å². The lowest BCUT2D eigenvalue weighted by atomic mass is 9.54. The second kappa shape index (κ2) is 5.06. The average Bonchev–Trinajstić information content (AvgIpc) is 2.81. The van der Waals surface area contributed by atoms with Crippen LogP contribution in [0.4, 0.5) is 0 Å². The normalized spacial score (nSPS) is 48.5. The zero-order chi connectivity index (χ0) is 17.3. The minimum atomic E-state index is -1.01. The Hall–Kier alpha value is -0.900. The molecule has 4 aliphatic carbocycles. The van der Waals surface area contributed by atoms with Crippen molar-refractivity contribution in [3.05, 3.63) is 34.9 Å². The van der Waals surface area contributed by atoms with Gasteiger partial charge in [0.2, 0.25) is 0 Å². The van der Waals surface area contributed by atoms with Crippen molar-refractivity contribution in [3.8, 4) is 0 Å². The predicted octanol–water partition coefficient (Wildman–Crippen LogP) is 3.26. The minimum Gasteiger partial charge on any atom is -0.393 e. The number of aliphatic hydroxyl groups excluding tert-OH is 2. The maximum atomic E-state index is 11.2. The van der Waals surface area contributed by atoms with Crippen molar-refractivity contribution in [3.63, 3.8) is 0 Å². The maximum Gasteiger partial charge on any atom is 0.0964 e. The number of allylic oxidation sites excluding steroid dienone is 5. The molecule has 0 aromatic rings. The van der Waals surface area contributed by atoms with Gasteiger partial charge in [-0.15, -0.1) is 0 Å². The van der Waals surface area contributed by atoms with Crippen molar-refractivity contribution in [1.29, 1.82) is 0 Å². The first-order valence-corrected chi connectivity index (χ1v) is 9.43. The SMILES string of the molecule is C[C@H](O)[C@@]1(O)CC[C@H]2C3=CC=C4C[C@@H](O)CC[C@]4(C)C3=CC[C@@]21C. The Balaban J connectivity index is 1.79. The van der Waals surface area contributed by atoms with Crippen LogP contribution in [0, 0.1) is 16.7 Å². The van der Waals surface area contributed by atoms with E-state index in [0.29, 0.717) is 12.3 Å². The second-order valence-electron chi connectivity index (χ2n) is 8.97. The molecule has 4 rings (SSSR count). The Labute approximate surface area is 144 Å². The van der Waals surface area contributed by atoms with Gasteiger partial charge in [-0.25, -0.2) is 0 Å². The van der Waals surface area contributed by atoms with Crippen molar-refractivity contribution < 1.29 is 15.3 Å². The summed E-state index contributed by atoms with van der Waals surface area (Å²) >= 11 is 0. The molecule has 3 heteroatoms. The largest absolute Gasteiger partial charge is 0.393 e. The summed E-state index contributed by atoms with van der Waals surface area (Å²) in [5.74, 6) is 0.304. The molecular weight excluding hydrogens is 300 g/mol. The zero-order valence-electron chi connectivity index (χ0n) is 15.0. The van der Waals surface area contributed by atoms with Crippen LogP contribution >= 0.6 is 0 Å². The molecule has 0 radical (unpaired) electrons. The first-order chi connectivity index (χ1) is 11.2. The number of rotatable bonds is 1. The van der Waals surface area contributed by atoms with Gasteiger partial charge in [0.15, 0.2) is 0 Å². The third-order valence-corrected chi connectivity index (χ3v) is 7.88. The Morgan fingerprint density at radius 2 is 1.92 bits per heavy atom. The summed E-state index contributed by atoms with van der Waals surface area (Å²) in [6.07, 6.45) is 10.9. The summed E-state index contributed by atoms with van der Waals surface area (Å²) in [5, 5.41) is 31.5. The summed E-state index contributed by atoms with van der Waals surface area (Å²) in [6.45, 7) is 6.20. The molecule has 0 unspecified atom stereocenters. The number of aliphatic hydroxyl groups is 3. The van der Waals surface area contributed by atoms with Gasteiger partial charge in [0.1, 0.15) is 0 Å². The van der Waals surface area contributed by atoms with Crippen LogP contribution in [0.25, 0.3) is 0 Å². The van der Waals surface area contributed by atoms with E-state index in [2.05, 4.69) is 32.1 Å². The molecule has 24 heavy (non-hydrogen) atoms. The number of fused-ring (bicyclic) bond motifs is 5. The van der Waals surface area contributed by atoms with E-state index in [1.165, 1.54) is 16.7 Å². The molecule has 0 bridgehead atoms. The molecule has 2 fully saturated rings. The van der Waals surface area contributed by atoms with Crippen LogP contribution < -0.4 is 0 Å². The molecule has 0 aromatic heterocycles. The van der Waals surface area contributed by atoms with E-state index < -0.39 is 11.7 Å². The Morgan fingerprint density at radius 3 is 2.62 bits per heavy atom. The standard InChI is InChI=1S/C21H30O3/c1-13(22)21(24)11-8-18-16-5-4-14-12-15(23)6-9-19(14,2)17(16)7-10-20(18,21)3/h4-5,7,13,15,18,22-24H,6,8-12H2,1-3H3/t13-,15-,18-,19-,20-,21-/m0/s1. The summed E-state index contributed by atoms with van der Waals surface area (Å²) in [4.78, 5) is 0. The lowest BCUT2D eigenvalue weighted by Gasteiger charge is -2.52. The fraction of sp³-hybridized carbons (Fsp3) is 0.714. The van der Waals surface area contributed by atoms with Crippen LogP contribution in [0.3, 0.4) is 0 Å². The van der Waals surface area contributed by atoms with E-state index >= 15 is 0 Å². The Bertz CT molecular complexity index is 658. The first-order valence-electron chi connectivity index (χ1n) is 9.43. The van der Waals surface area contributed by atoms with Gasteiger partial charge in [0, 0.05) is 10.8 Å². The smallest absolute Gasteiger partial charge is 0.0964 e. The summed E-state index contributed by atoms with van der Waals surface area (Å²) in [6, 6.07) is 0. The highest BCUT2D eigenvalue weighted by Crippen LogP contribution is 2.64. The molecule has 132 valence electrons. The van der Waals surface area contributed by atoms with Gasteiger partial charge in [-0.05, 0) is 62.5 Å². The fourth-order valence-electron chi connectivity index (χ4n) is 6.09. The van der Waals surface area contributed by atoms with Gasteiger partial charge in [0.25, 0.3) is 0 Å². The predicted molar refractivity (Wildman–Crippen MR) is 94.3 cm³/mol. The van der Waals surface area contributed by atoms with Crippen molar-refractivity contribution >= 4 is 0 Å². The van der Waals surface area contributed by atoms with Crippen molar-refractivity contribution in [2.24, 2.45) is 16.7 Å². The van der Waals surface area contributed by atoms with Gasteiger partial charge in [-0.1, -0.05) is 37.6 Å². The number of hydrogen-bond acceptors (Lipinski definition) is 3. The Morgan fingerprint density at radius 1 is 1.17 bits per heavy atom. The third-order valence-electron chi connectivity index (χ3n) is 7.88. The van der Waals surface area contributed by atoms with Gasteiger partial charge >= 0.3 is 0 Å². The van der Waals surface area contributed by atoms with Crippen LogP contribution in [0.15, 0.2) is 34.9 Å². The molecule has 0 saturated heterocycles. The lowest BCUT2D eigenvalue weighted by Crippen LogP contribution is -2.54. The van der Waals surface area contributed by atoms with Crippen LogP contribution in [-0.4, -0.2) is 33.1 Å². The van der Waals surface area contributed by atoms with Gasteiger partial charge in [-0.2, -0.15) is 0 Å². The summed E-state index contributed by atoms with van der Waals surface area (Å²) in [5.41, 5.74) is 2.87. The van der Waals surface area contributed by atoms with Crippen molar-refractivity contribution in [2.45, 2.75) is 77.1 Å². The van der Waals surface area contributed by atoms with Crippen LogP contribution in [0.5, 0.6) is 0 Å². The van der Waals surface area contributed by atoms with E-state index in [4.69, 9.17) is 0 Å². The van der Waals surface area contributed by atoms with E-state index in [9.17, 15) is 15.3 Å². The van der Waals surface area contributed by atoms with E-state index in [1.807, 2.05) is 0 Å². The zero-order valence-corrected chi connectivity index (χ0v) is 15.0. The van der Waals surface area contributed by atoms with Crippen LogP contribution in [-0.2, 0) is 0 Å². The van der Waals surface area contributed by atoms with Gasteiger partial charge in [-0.3, -0.25) is 0 Å². The van der Waals surface area contributed by atoms with Gasteiger partial charge < -0.3 is 15.3 Å². The molecule has 0 heterocycles. The quantitative estimate of drug-likeness (QED) is 0.691. The molecule has 0 aliphatic heterocycles. The first kappa shape index (κ1) is 16.6. The minimum absolute atomic E-state index is 0.0379. The molecule has 3 nitrogen and oxygen atoms in total. The van der Waals surface area contributed by atoms with Crippen molar-refractivity contribution in [1.82, 2.24) is 0 Å². The average molecular weight is 330 g/mol. The monoisotopic (exact) mass is 330 g/mol. The van der Waals surface area contributed by atoms with Gasteiger partial charge in [0.05, 0.1) is 17.8 Å². The molecule has 0 aromatic carbocycles. The molecule has 3 N–H and O–H groups in total. The maximum absolute atomic E-state index is 11.2. The topological polar surface area (TPSA) is 60.7 Å². The Kier molecular flexibility index (Phi) is 3.49. The molecule has 2 saturated carbocycles. The highest BCUT2D eigenvalue weighted by molar-refractivity contribution is 5.54. The summed E-state index contributed by atoms with van der Waals surface area (Å²) in [7, 11) is 0. The lowest BCUT2D eigenvalue weighted by molar-refractivity contribution is -0.137. The molecule has 0 spiro atoms. The highest BCUT2D eigenvalue weighted by atomic mass is 16.3. The summed E-state index contributed by atoms with van der Waals surface area (Å²) < 4.78 is 0. The fourth-order valence-corrected chi connectivity index (χ4v) is 6.09. The van der Waals surface area contributed by atoms with Crippen molar-refractivity contribution in [2.75, 3.05) is 0 Å². The van der Waals surface area contributed by atoms with E-state index in [1.54, 1.807) is 6.92 Å². The molecule has 4 aliphatic rings. The van der Waals surface area contributed by atoms with E-state index in [-0.39, 0.29) is 16.9 Å². The third kappa shape index (κ3) is 1.89. The van der Waals surface area contributed by atoms with Crippen LogP contribution in [0.1, 0.15) is 59.3 Å². The molecule has 6 atom stereocenters. The number of hydrogen-bond donors (Lipinski definition) is 3. The molecule has 0 amide bonds. The van der Waals surface area contributed by atoms with Crippen LogP contribution in [0.2, 0.25) is 0 Å².